The van der Waals surface area contributed by atoms with Crippen LogP contribution in [0.5, 0.6) is 17.2 Å². The molecule has 318 valence electrons. The molecule has 59 heavy (non-hydrogen) atoms. The third-order valence-corrected chi connectivity index (χ3v) is 13.1. The second-order valence-corrected chi connectivity index (χ2v) is 19.7. The van der Waals surface area contributed by atoms with Gasteiger partial charge in [0, 0.05) is 17.5 Å². The van der Waals surface area contributed by atoms with Crippen LogP contribution < -0.4 is 35.1 Å². The molecule has 4 amide bonds. The van der Waals surface area contributed by atoms with Gasteiger partial charge in [0.15, 0.2) is 11.5 Å². The first-order valence-corrected chi connectivity index (χ1v) is 21.5. The number of fused-ring (bicyclic) bond motifs is 3. The van der Waals surface area contributed by atoms with E-state index in [2.05, 4.69) is 25.3 Å². The van der Waals surface area contributed by atoms with Gasteiger partial charge in [-0.15, -0.1) is 0 Å². The lowest BCUT2D eigenvalue weighted by Crippen LogP contribution is -2.60. The summed E-state index contributed by atoms with van der Waals surface area (Å²) < 4.78 is 50.1. The summed E-state index contributed by atoms with van der Waals surface area (Å²) in [6.45, 7) is 11.3. The lowest BCUT2D eigenvalue weighted by atomic mass is 9.85. The highest BCUT2D eigenvalue weighted by molar-refractivity contribution is 7.91. The molecule has 18 heteroatoms. The summed E-state index contributed by atoms with van der Waals surface area (Å²) in [7, 11) is -3.82. The van der Waals surface area contributed by atoms with E-state index in [-0.39, 0.29) is 43.7 Å². The summed E-state index contributed by atoms with van der Waals surface area (Å²) in [6, 6.07) is 8.36. The van der Waals surface area contributed by atoms with Crippen molar-refractivity contribution in [1.29, 1.82) is 0 Å². The van der Waals surface area contributed by atoms with Crippen LogP contribution in [-0.2, 0) is 29.1 Å². The Morgan fingerprint density at radius 3 is 2.51 bits per heavy atom. The van der Waals surface area contributed by atoms with Crippen molar-refractivity contribution in [2.24, 2.45) is 16.7 Å². The molecule has 1 saturated heterocycles. The number of aromatic amines is 1. The Morgan fingerprint density at radius 2 is 1.81 bits per heavy atom. The van der Waals surface area contributed by atoms with E-state index < -0.39 is 67.5 Å². The second kappa shape index (κ2) is 15.7. The number of hydrogen-bond acceptors (Lipinski definition) is 12. The standard InChI is InChI=1S/C41H52N6O11S/c1-7-24-19-41(24,37(51)46-59(53,54)26-13-14-26)45-34(48)28-12-9-17-47(28)36(50)33(39(2,3)4)44-38(52)56-21-40(5,6)20-55-25-11-8-10-23(18-25)30-35(49)42-27-15-16-29-32(31(27)43-30)58-22-57-29/h8,10-11,15-16,18,24,26,28,33H,7,9,12-14,17,19-22H2,1-6H3,(H,42,49)(H,44,52)(H,45,48)(H,46,51)/t24-,28+,33-,41-/m1/s1. The van der Waals surface area contributed by atoms with Crippen LogP contribution in [0.3, 0.4) is 0 Å². The summed E-state index contributed by atoms with van der Waals surface area (Å²) in [5.74, 6) is -0.539. The zero-order valence-corrected chi connectivity index (χ0v) is 35.0. The Hall–Kier alpha value is -5.39. The van der Waals surface area contributed by atoms with Crippen LogP contribution in [0, 0.1) is 16.7 Å². The van der Waals surface area contributed by atoms with Crippen molar-refractivity contribution in [3.8, 4) is 28.5 Å². The van der Waals surface area contributed by atoms with Crippen molar-refractivity contribution in [3.05, 3.63) is 46.8 Å². The highest BCUT2D eigenvalue weighted by Gasteiger charge is 2.62. The van der Waals surface area contributed by atoms with Crippen molar-refractivity contribution < 1.29 is 46.5 Å². The Kier molecular flexibility index (Phi) is 11.1. The maximum absolute atomic E-state index is 14.1. The lowest BCUT2D eigenvalue weighted by Gasteiger charge is -2.35. The van der Waals surface area contributed by atoms with Gasteiger partial charge in [-0.3, -0.25) is 23.9 Å². The van der Waals surface area contributed by atoms with E-state index in [0.29, 0.717) is 72.4 Å². The zero-order valence-electron chi connectivity index (χ0n) is 34.1. The SMILES string of the molecule is CC[C@@H]1C[C@]1(NC(=O)[C@@H]1CCCN1C(=O)[C@@H](NC(=O)OCC(C)(C)COc1cccc(-c2nc3c4c(ccc3[nH]c2=O)OCO4)c1)C(C)(C)C)C(=O)NS(=O)(=O)C1CC1. The smallest absolute Gasteiger partial charge is 0.407 e. The van der Waals surface area contributed by atoms with Crippen LogP contribution in [0.2, 0.25) is 0 Å². The molecule has 4 atom stereocenters. The van der Waals surface area contributed by atoms with Gasteiger partial charge in [-0.05, 0) is 67.7 Å². The van der Waals surface area contributed by atoms with Crippen molar-refractivity contribution in [3.63, 3.8) is 0 Å². The third-order valence-electron chi connectivity index (χ3n) is 11.3. The molecule has 0 radical (unpaired) electrons. The summed E-state index contributed by atoms with van der Waals surface area (Å²) >= 11 is 0. The molecule has 2 aliphatic carbocycles. The number of likely N-dealkylation sites (tertiary alicyclic amines) is 1. The minimum atomic E-state index is -3.82. The van der Waals surface area contributed by atoms with Crippen LogP contribution in [0.25, 0.3) is 22.3 Å². The number of nitrogens with zero attached hydrogens (tertiary/aromatic N) is 2. The Labute approximate surface area is 342 Å². The monoisotopic (exact) mass is 836 g/mol. The van der Waals surface area contributed by atoms with E-state index in [4.69, 9.17) is 18.9 Å². The molecular formula is C41H52N6O11S. The number of amides is 4. The Morgan fingerprint density at radius 1 is 1.05 bits per heavy atom. The molecule has 3 fully saturated rings. The maximum Gasteiger partial charge on any atom is 0.407 e. The number of sulfonamides is 1. The van der Waals surface area contributed by atoms with Crippen molar-refractivity contribution in [2.75, 3.05) is 26.6 Å². The number of aromatic nitrogens is 2. The molecule has 4 aliphatic rings. The number of rotatable bonds is 14. The van der Waals surface area contributed by atoms with Crippen LogP contribution in [0.1, 0.15) is 80.1 Å². The molecular weight excluding hydrogens is 785 g/mol. The fraction of sp³-hybridized carbons (Fsp3) is 0.561. The molecule has 0 bridgehead atoms. The van der Waals surface area contributed by atoms with Crippen molar-refractivity contribution in [2.45, 2.75) is 103 Å². The summed E-state index contributed by atoms with van der Waals surface area (Å²) in [4.78, 5) is 76.4. The predicted molar refractivity (Wildman–Crippen MR) is 215 cm³/mol. The van der Waals surface area contributed by atoms with Gasteiger partial charge in [0.25, 0.3) is 11.5 Å². The molecule has 7 rings (SSSR count). The van der Waals surface area contributed by atoms with Crippen molar-refractivity contribution >= 4 is 44.9 Å². The van der Waals surface area contributed by atoms with Crippen LogP contribution >= 0.6 is 0 Å². The van der Waals surface area contributed by atoms with E-state index in [1.165, 1.54) is 4.90 Å². The van der Waals surface area contributed by atoms with Gasteiger partial charge in [0.05, 0.1) is 17.4 Å². The predicted octanol–water partition coefficient (Wildman–Crippen LogP) is 3.75. The first-order chi connectivity index (χ1) is 27.8. The van der Waals surface area contributed by atoms with Gasteiger partial charge < -0.3 is 39.5 Å². The quantitative estimate of drug-likeness (QED) is 0.182. The van der Waals surface area contributed by atoms with Gasteiger partial charge in [0.1, 0.15) is 41.2 Å². The second-order valence-electron chi connectivity index (χ2n) is 17.7. The molecule has 0 unspecified atom stereocenters. The minimum Gasteiger partial charge on any atom is -0.493 e. The number of benzene rings is 2. The van der Waals surface area contributed by atoms with Gasteiger partial charge in [-0.25, -0.2) is 18.2 Å². The molecule has 3 aromatic rings. The minimum absolute atomic E-state index is 0.0621. The molecule has 1 aromatic heterocycles. The van der Waals surface area contributed by atoms with Gasteiger partial charge in [0.2, 0.25) is 28.6 Å². The lowest BCUT2D eigenvalue weighted by molar-refractivity contribution is -0.142. The fourth-order valence-electron chi connectivity index (χ4n) is 7.60. The van der Waals surface area contributed by atoms with E-state index in [1.807, 2.05) is 20.8 Å². The van der Waals surface area contributed by atoms with Crippen LogP contribution in [-0.4, -0.2) is 96.5 Å². The van der Waals surface area contributed by atoms with Gasteiger partial charge in [-0.2, -0.15) is 0 Å². The number of H-pyrrole nitrogens is 1. The first kappa shape index (κ1) is 41.8. The number of carbonyl (C=O) groups excluding carboxylic acids is 4. The van der Waals surface area contributed by atoms with E-state index in [0.717, 1.165) is 0 Å². The number of carbonyl (C=O) groups is 4. The number of hydrogen-bond donors (Lipinski definition) is 4. The van der Waals surface area contributed by atoms with Gasteiger partial charge >= 0.3 is 6.09 Å². The first-order valence-electron chi connectivity index (χ1n) is 20.0. The average Bonchev–Trinajstić information content (AvgIpc) is 4.05. The number of ether oxygens (including phenoxy) is 4. The zero-order chi connectivity index (χ0) is 42.5. The fourth-order valence-corrected chi connectivity index (χ4v) is 8.96. The molecule has 17 nitrogen and oxygen atoms in total. The Bertz CT molecular complexity index is 2340. The van der Waals surface area contributed by atoms with E-state index in [9.17, 15) is 32.4 Å². The van der Waals surface area contributed by atoms with Crippen LogP contribution in [0.4, 0.5) is 4.79 Å². The Balaban J connectivity index is 0.953. The topological polar surface area (TPSA) is 224 Å². The van der Waals surface area contributed by atoms with Crippen LogP contribution in [0.15, 0.2) is 41.2 Å². The summed E-state index contributed by atoms with van der Waals surface area (Å²) in [5, 5.41) is 4.95. The molecule has 2 aromatic carbocycles. The molecule has 2 aliphatic heterocycles. The van der Waals surface area contributed by atoms with Gasteiger partial charge in [-0.1, -0.05) is 60.1 Å². The molecule has 0 spiro atoms. The molecule has 3 heterocycles. The summed E-state index contributed by atoms with van der Waals surface area (Å²) in [5.41, 5.74) is -1.54. The molecule has 4 N–H and O–H groups in total. The maximum atomic E-state index is 14.1. The average molecular weight is 837 g/mol. The normalized spacial score (nSPS) is 21.8. The van der Waals surface area contributed by atoms with Crippen molar-refractivity contribution in [1.82, 2.24) is 30.2 Å². The third kappa shape index (κ3) is 8.82. The number of alkyl carbamates (subject to hydrolysis) is 1. The highest BCUT2D eigenvalue weighted by atomic mass is 32.2. The van der Waals surface area contributed by atoms with E-state index in [1.54, 1.807) is 57.2 Å². The van der Waals surface area contributed by atoms with E-state index >= 15 is 0 Å². The highest BCUT2D eigenvalue weighted by Crippen LogP contribution is 2.47. The largest absolute Gasteiger partial charge is 0.493 e. The molecule has 2 saturated carbocycles. The summed E-state index contributed by atoms with van der Waals surface area (Å²) in [6.07, 6.45) is 1.87. The number of nitrogens with one attached hydrogen (secondary N) is 4.